The molecule has 0 spiro atoms. The molecule has 2 rings (SSSR count). The molecule has 1 aliphatic carbocycles. The normalized spacial score (nSPS) is 16.5. The molecule has 1 amide bonds. The minimum atomic E-state index is -0.215. The Kier molecular flexibility index (Phi) is 6.81. The average Bonchev–Trinajstić information content (AvgIpc) is 2.72. The Bertz CT molecular complexity index is 451. The van der Waals surface area contributed by atoms with E-state index in [1.165, 1.54) is 38.5 Å². The predicted octanol–water partition coefficient (Wildman–Crippen LogP) is 4.04. The van der Waals surface area contributed by atoms with Gasteiger partial charge in [0.25, 0.3) is 5.91 Å². The van der Waals surface area contributed by atoms with Crippen LogP contribution in [0, 0.1) is 0 Å². The molecular weight excluding hydrogens is 307 g/mol. The van der Waals surface area contributed by atoms with Crippen molar-refractivity contribution in [3.63, 3.8) is 0 Å². The highest BCUT2D eigenvalue weighted by Gasteiger charge is 2.14. The lowest BCUT2D eigenvalue weighted by Crippen LogP contribution is -2.37. The van der Waals surface area contributed by atoms with Gasteiger partial charge in [-0.2, -0.15) is 0 Å². The third kappa shape index (κ3) is 5.17. The summed E-state index contributed by atoms with van der Waals surface area (Å²) in [6, 6.07) is 5.67. The first kappa shape index (κ1) is 16.6. The van der Waals surface area contributed by atoms with Crippen molar-refractivity contribution in [2.24, 2.45) is 0 Å². The Hall–Kier alpha value is -0.770. The van der Waals surface area contributed by atoms with Crippen molar-refractivity contribution in [2.75, 3.05) is 13.1 Å². The Morgan fingerprint density at radius 2 is 1.67 bits per heavy atom. The molecule has 0 bridgehead atoms. The van der Waals surface area contributed by atoms with Crippen LogP contribution in [0.5, 0.6) is 0 Å². The fourth-order valence-corrected chi connectivity index (χ4v) is 3.31. The molecule has 0 atom stereocenters. The Labute approximate surface area is 136 Å². The van der Waals surface area contributed by atoms with Crippen molar-refractivity contribution in [3.05, 3.63) is 33.8 Å². The molecule has 1 aliphatic rings. The average molecular weight is 329 g/mol. The van der Waals surface area contributed by atoms with Gasteiger partial charge in [0.2, 0.25) is 0 Å². The van der Waals surface area contributed by atoms with Crippen molar-refractivity contribution in [2.45, 2.75) is 44.6 Å². The summed E-state index contributed by atoms with van der Waals surface area (Å²) >= 11 is 12.0. The van der Waals surface area contributed by atoms with E-state index in [4.69, 9.17) is 23.2 Å². The highest BCUT2D eigenvalue weighted by atomic mass is 35.5. The summed E-state index contributed by atoms with van der Waals surface area (Å²) in [4.78, 5) is 12.1. The second-order valence-corrected chi connectivity index (χ2v) is 6.31. The zero-order valence-electron chi connectivity index (χ0n) is 12.1. The highest BCUT2D eigenvalue weighted by molar-refractivity contribution is 6.39. The third-order valence-corrected chi connectivity index (χ3v) is 4.52. The molecule has 0 unspecified atom stereocenters. The summed E-state index contributed by atoms with van der Waals surface area (Å²) < 4.78 is 0. The molecule has 1 saturated carbocycles. The van der Waals surface area contributed by atoms with Gasteiger partial charge in [-0.3, -0.25) is 4.79 Å². The monoisotopic (exact) mass is 328 g/mol. The molecule has 1 fully saturated rings. The maximum absolute atomic E-state index is 12.1. The van der Waals surface area contributed by atoms with Crippen molar-refractivity contribution in [3.8, 4) is 0 Å². The smallest absolute Gasteiger partial charge is 0.254 e. The van der Waals surface area contributed by atoms with Crippen LogP contribution in [0.4, 0.5) is 0 Å². The van der Waals surface area contributed by atoms with Crippen LogP contribution in [-0.4, -0.2) is 25.0 Å². The lowest BCUT2D eigenvalue weighted by atomic mass is 10.1. The van der Waals surface area contributed by atoms with Gasteiger partial charge in [0, 0.05) is 19.1 Å². The number of amides is 1. The van der Waals surface area contributed by atoms with Crippen LogP contribution in [-0.2, 0) is 0 Å². The van der Waals surface area contributed by atoms with Gasteiger partial charge in [0.1, 0.15) is 0 Å². The number of halogens is 2. The molecule has 3 nitrogen and oxygen atoms in total. The molecule has 0 aromatic heterocycles. The molecule has 0 radical (unpaired) electrons. The van der Waals surface area contributed by atoms with Crippen LogP contribution in [0.1, 0.15) is 48.9 Å². The Morgan fingerprint density at radius 1 is 1.05 bits per heavy atom. The zero-order chi connectivity index (χ0) is 15.1. The van der Waals surface area contributed by atoms with Crippen LogP contribution < -0.4 is 10.6 Å². The minimum Gasteiger partial charge on any atom is -0.351 e. The number of benzene rings is 1. The first-order valence-electron chi connectivity index (χ1n) is 7.64. The number of hydrogen-bond acceptors (Lipinski definition) is 2. The molecule has 1 aromatic carbocycles. The molecule has 5 heteroatoms. The van der Waals surface area contributed by atoms with Gasteiger partial charge in [-0.25, -0.2) is 0 Å². The van der Waals surface area contributed by atoms with Crippen molar-refractivity contribution in [1.82, 2.24) is 10.6 Å². The maximum atomic E-state index is 12.1. The minimum absolute atomic E-state index is 0.215. The maximum Gasteiger partial charge on any atom is 0.254 e. The molecule has 0 saturated heterocycles. The number of rotatable bonds is 5. The van der Waals surface area contributed by atoms with E-state index in [-0.39, 0.29) is 5.91 Å². The van der Waals surface area contributed by atoms with E-state index in [0.29, 0.717) is 28.2 Å². The zero-order valence-corrected chi connectivity index (χ0v) is 13.6. The number of hydrogen-bond donors (Lipinski definition) is 2. The quantitative estimate of drug-likeness (QED) is 0.632. The van der Waals surface area contributed by atoms with E-state index in [9.17, 15) is 4.79 Å². The van der Waals surface area contributed by atoms with E-state index in [0.717, 1.165) is 6.54 Å². The summed E-state index contributed by atoms with van der Waals surface area (Å²) in [6.07, 6.45) is 7.78. The highest BCUT2D eigenvalue weighted by Crippen LogP contribution is 2.23. The fourth-order valence-electron chi connectivity index (χ4n) is 2.74. The third-order valence-electron chi connectivity index (χ3n) is 3.89. The van der Waals surface area contributed by atoms with Gasteiger partial charge >= 0.3 is 0 Å². The largest absolute Gasteiger partial charge is 0.351 e. The number of carbonyl (C=O) groups excluding carboxylic acids is 1. The van der Waals surface area contributed by atoms with E-state index in [1.807, 2.05) is 0 Å². The first-order chi connectivity index (χ1) is 10.2. The van der Waals surface area contributed by atoms with E-state index in [1.54, 1.807) is 18.2 Å². The topological polar surface area (TPSA) is 41.1 Å². The second-order valence-electron chi connectivity index (χ2n) is 5.50. The summed E-state index contributed by atoms with van der Waals surface area (Å²) in [5, 5.41) is 7.15. The Morgan fingerprint density at radius 3 is 2.29 bits per heavy atom. The molecule has 2 N–H and O–H groups in total. The summed E-state index contributed by atoms with van der Waals surface area (Å²) in [5.74, 6) is -0.215. The van der Waals surface area contributed by atoms with Gasteiger partial charge in [0.05, 0.1) is 15.6 Å². The van der Waals surface area contributed by atoms with Crippen molar-refractivity contribution < 1.29 is 4.79 Å². The Balaban J connectivity index is 1.74. The van der Waals surface area contributed by atoms with Crippen LogP contribution in [0.15, 0.2) is 18.2 Å². The van der Waals surface area contributed by atoms with Crippen LogP contribution in [0.3, 0.4) is 0 Å². The SMILES string of the molecule is O=C(NCCNC1CCCCCC1)c1c(Cl)cccc1Cl. The van der Waals surface area contributed by atoms with Crippen LogP contribution >= 0.6 is 23.2 Å². The van der Waals surface area contributed by atoms with Crippen LogP contribution in [0.2, 0.25) is 10.0 Å². The summed E-state index contributed by atoms with van der Waals surface area (Å²) in [6.45, 7) is 1.36. The van der Waals surface area contributed by atoms with Crippen molar-refractivity contribution >= 4 is 29.1 Å². The number of nitrogens with one attached hydrogen (secondary N) is 2. The van der Waals surface area contributed by atoms with E-state index in [2.05, 4.69) is 10.6 Å². The lowest BCUT2D eigenvalue weighted by molar-refractivity contribution is 0.0954. The molecule has 0 aliphatic heterocycles. The molecular formula is C16H22Cl2N2O. The standard InChI is InChI=1S/C16H22Cl2N2O/c17-13-8-5-9-14(18)15(13)16(21)20-11-10-19-12-6-3-1-2-4-7-12/h5,8-9,12,19H,1-4,6-7,10-11H2,(H,20,21). The fraction of sp³-hybridized carbons (Fsp3) is 0.562. The van der Waals surface area contributed by atoms with Gasteiger partial charge in [-0.05, 0) is 25.0 Å². The van der Waals surface area contributed by atoms with E-state index >= 15 is 0 Å². The summed E-state index contributed by atoms with van der Waals surface area (Å²) in [7, 11) is 0. The van der Waals surface area contributed by atoms with Gasteiger partial charge in [-0.1, -0.05) is 55.0 Å². The lowest BCUT2D eigenvalue weighted by Gasteiger charge is -2.16. The first-order valence-corrected chi connectivity index (χ1v) is 8.39. The van der Waals surface area contributed by atoms with Crippen molar-refractivity contribution in [1.29, 1.82) is 0 Å². The molecule has 116 valence electrons. The van der Waals surface area contributed by atoms with E-state index < -0.39 is 0 Å². The number of carbonyl (C=O) groups is 1. The van der Waals surface area contributed by atoms with Crippen LogP contribution in [0.25, 0.3) is 0 Å². The summed E-state index contributed by atoms with van der Waals surface area (Å²) in [5.41, 5.74) is 0.357. The molecule has 21 heavy (non-hydrogen) atoms. The second kappa shape index (κ2) is 8.62. The molecule has 1 aromatic rings. The van der Waals surface area contributed by atoms with Gasteiger partial charge < -0.3 is 10.6 Å². The molecule has 0 heterocycles. The van der Waals surface area contributed by atoms with Gasteiger partial charge in [0.15, 0.2) is 0 Å². The van der Waals surface area contributed by atoms with Gasteiger partial charge in [-0.15, -0.1) is 0 Å². The predicted molar refractivity (Wildman–Crippen MR) is 88.3 cm³/mol.